The number of aryl methyl sites for hydroxylation is 1. The molecule has 1 aromatic heterocycles. The molecule has 0 fully saturated rings. The van der Waals surface area contributed by atoms with Crippen LogP contribution < -0.4 is 5.76 Å². The average molecular weight is 267 g/mol. The third-order valence-corrected chi connectivity index (χ3v) is 2.31. The lowest BCUT2D eigenvalue weighted by molar-refractivity contribution is 0.505. The molecule has 5 heteroatoms. The minimum Gasteiger partial charge on any atom is -0.388 e. The molecule has 0 aliphatic heterocycles. The van der Waals surface area contributed by atoms with Gasteiger partial charge >= 0.3 is 5.76 Å². The van der Waals surface area contributed by atoms with Crippen LogP contribution in [0, 0.1) is 6.92 Å². The van der Waals surface area contributed by atoms with Crippen molar-refractivity contribution in [1.29, 1.82) is 0 Å². The Morgan fingerprint density at radius 1 is 1.47 bits per heavy atom. The van der Waals surface area contributed by atoms with Crippen LogP contribution in [0.3, 0.4) is 0 Å². The van der Waals surface area contributed by atoms with Crippen LogP contribution in [0.15, 0.2) is 31.9 Å². The Bertz CT molecular complexity index is 537. The van der Waals surface area contributed by atoms with Gasteiger partial charge in [-0.15, -0.1) is 5.10 Å². The molecule has 0 aliphatic carbocycles. The Kier molecular flexibility index (Phi) is 2.48. The molecule has 15 heavy (non-hydrogen) atoms. The molecule has 1 aromatic carbocycles. The molecular weight excluding hydrogens is 260 g/mol. The fraction of sp³-hybridized carbons (Fsp3) is 0.100. The van der Waals surface area contributed by atoms with Crippen molar-refractivity contribution >= 4 is 15.9 Å². The zero-order chi connectivity index (χ0) is 11.0. The van der Waals surface area contributed by atoms with Gasteiger partial charge in [0, 0.05) is 17.1 Å². The number of benzene rings is 1. The van der Waals surface area contributed by atoms with Gasteiger partial charge < -0.3 is 4.42 Å². The summed E-state index contributed by atoms with van der Waals surface area (Å²) < 4.78 is 6.87. The second-order valence-corrected chi connectivity index (χ2v) is 3.99. The van der Waals surface area contributed by atoms with Crippen molar-refractivity contribution < 1.29 is 4.42 Å². The van der Waals surface area contributed by atoms with Crippen molar-refractivity contribution in [2.75, 3.05) is 0 Å². The minimum absolute atomic E-state index is 0.260. The van der Waals surface area contributed by atoms with E-state index in [0.717, 1.165) is 9.15 Å². The van der Waals surface area contributed by atoms with E-state index in [1.807, 2.05) is 0 Å². The molecule has 0 saturated carbocycles. The molecule has 0 atom stereocenters. The molecule has 0 unspecified atom stereocenters. The van der Waals surface area contributed by atoms with Crippen LogP contribution in [0.25, 0.3) is 11.5 Å². The van der Waals surface area contributed by atoms with E-state index in [2.05, 4.69) is 21.0 Å². The Morgan fingerprint density at radius 3 is 2.73 bits per heavy atom. The first kappa shape index (κ1) is 10.2. The smallest absolute Gasteiger partial charge is 0.388 e. The van der Waals surface area contributed by atoms with Crippen LogP contribution in [0.2, 0.25) is 0 Å². The fourth-order valence-electron chi connectivity index (χ4n) is 1.20. The highest BCUT2D eigenvalue weighted by Crippen LogP contribution is 2.22. The summed E-state index contributed by atoms with van der Waals surface area (Å²) in [5.41, 5.74) is 1.24. The summed E-state index contributed by atoms with van der Waals surface area (Å²) in [5, 5.41) is 3.92. The number of aromatic nitrogens is 2. The van der Waals surface area contributed by atoms with Crippen LogP contribution in [0.4, 0.5) is 0 Å². The molecule has 0 bridgehead atoms. The van der Waals surface area contributed by atoms with E-state index in [0.29, 0.717) is 11.1 Å². The van der Waals surface area contributed by atoms with Crippen LogP contribution in [0.5, 0.6) is 0 Å². The highest BCUT2D eigenvalue weighted by Gasteiger charge is 2.08. The van der Waals surface area contributed by atoms with Gasteiger partial charge in [0.1, 0.15) is 0 Å². The molecule has 1 heterocycles. The average Bonchev–Trinajstić information content (AvgIpc) is 2.45. The third kappa shape index (κ3) is 2.02. The monoisotopic (exact) mass is 266 g/mol. The van der Waals surface area contributed by atoms with Gasteiger partial charge in [-0.25, -0.2) is 4.79 Å². The highest BCUT2D eigenvalue weighted by molar-refractivity contribution is 9.10. The molecule has 76 valence electrons. The number of rotatable bonds is 1. The number of halogens is 1. The molecule has 2 radical (unpaired) electrons. The summed E-state index contributed by atoms with van der Waals surface area (Å²) in [6.07, 6.45) is 0. The largest absolute Gasteiger partial charge is 0.437 e. The van der Waals surface area contributed by atoms with Gasteiger partial charge in [-0.3, -0.25) is 0 Å². The number of nitrogens with zero attached hydrogens (tertiary/aromatic N) is 2. The van der Waals surface area contributed by atoms with Gasteiger partial charge in [-0.05, 0) is 30.7 Å². The molecule has 0 aliphatic rings. The van der Waals surface area contributed by atoms with Crippen molar-refractivity contribution in [3.63, 3.8) is 0 Å². The van der Waals surface area contributed by atoms with E-state index < -0.39 is 5.76 Å². The zero-order valence-electron chi connectivity index (χ0n) is 7.90. The van der Waals surface area contributed by atoms with Crippen LogP contribution in [-0.2, 0) is 7.05 Å². The van der Waals surface area contributed by atoms with E-state index in [-0.39, 0.29) is 5.89 Å². The maximum Gasteiger partial charge on any atom is 0.437 e. The summed E-state index contributed by atoms with van der Waals surface area (Å²) in [7, 11) is 1.52. The Labute approximate surface area is 94.7 Å². The SMILES string of the molecule is [CH]c1cc(Br)cc(-c2nn(C)c(=O)o2)c1. The predicted octanol–water partition coefficient (Wildman–Crippen LogP) is 1.86. The van der Waals surface area contributed by atoms with Crippen molar-refractivity contribution in [3.05, 3.63) is 45.7 Å². The zero-order valence-corrected chi connectivity index (χ0v) is 9.48. The summed E-state index contributed by atoms with van der Waals surface area (Å²) in [5.74, 6) is -0.237. The van der Waals surface area contributed by atoms with Gasteiger partial charge in [-0.1, -0.05) is 15.9 Å². The van der Waals surface area contributed by atoms with Gasteiger partial charge in [-0.2, -0.15) is 4.68 Å². The molecule has 0 saturated heterocycles. The molecule has 2 rings (SSSR count). The summed E-state index contributed by atoms with van der Waals surface area (Å²) in [6.45, 7) is 5.66. The van der Waals surface area contributed by atoms with Gasteiger partial charge in [0.25, 0.3) is 0 Å². The Hall–Kier alpha value is -1.36. The van der Waals surface area contributed by atoms with E-state index in [9.17, 15) is 4.79 Å². The molecule has 0 amide bonds. The molecule has 0 spiro atoms. The molecular formula is C10H7BrN2O2. The maximum atomic E-state index is 11.1. The van der Waals surface area contributed by atoms with Crippen molar-refractivity contribution in [1.82, 2.24) is 9.78 Å². The van der Waals surface area contributed by atoms with Crippen LogP contribution in [-0.4, -0.2) is 9.78 Å². The Morgan fingerprint density at radius 2 is 2.20 bits per heavy atom. The lowest BCUT2D eigenvalue weighted by Gasteiger charge is -1.98. The lowest BCUT2D eigenvalue weighted by Crippen LogP contribution is -2.09. The van der Waals surface area contributed by atoms with Crippen LogP contribution in [0.1, 0.15) is 5.56 Å². The standard InChI is InChI=1S/C10H7BrN2O2/c1-6-3-7(5-8(11)4-6)9-12-13(2)10(14)15-9/h1,3-5H,2H3. The first-order chi connectivity index (χ1) is 7.06. The highest BCUT2D eigenvalue weighted by atomic mass is 79.9. The van der Waals surface area contributed by atoms with Crippen molar-refractivity contribution in [3.8, 4) is 11.5 Å². The second-order valence-electron chi connectivity index (χ2n) is 3.07. The molecule has 4 nitrogen and oxygen atoms in total. The van der Waals surface area contributed by atoms with Gasteiger partial charge in [0.2, 0.25) is 5.89 Å². The number of hydrogen-bond acceptors (Lipinski definition) is 3. The van der Waals surface area contributed by atoms with Crippen molar-refractivity contribution in [2.45, 2.75) is 0 Å². The summed E-state index contributed by atoms with van der Waals surface area (Å²) >= 11 is 3.30. The van der Waals surface area contributed by atoms with Crippen molar-refractivity contribution in [2.24, 2.45) is 7.05 Å². The van der Waals surface area contributed by atoms with Gasteiger partial charge in [0.05, 0.1) is 0 Å². The molecule has 0 N–H and O–H groups in total. The first-order valence-corrected chi connectivity index (χ1v) is 4.96. The fourth-order valence-corrected chi connectivity index (χ4v) is 1.71. The maximum absolute atomic E-state index is 11.1. The normalized spacial score (nSPS) is 10.6. The topological polar surface area (TPSA) is 48.0 Å². The lowest BCUT2D eigenvalue weighted by atomic mass is 10.1. The first-order valence-electron chi connectivity index (χ1n) is 4.17. The quantitative estimate of drug-likeness (QED) is 0.792. The summed E-state index contributed by atoms with van der Waals surface area (Å²) in [4.78, 5) is 11.1. The predicted molar refractivity (Wildman–Crippen MR) is 58.3 cm³/mol. The van der Waals surface area contributed by atoms with Crippen LogP contribution >= 0.6 is 15.9 Å². The van der Waals surface area contributed by atoms with E-state index in [1.54, 1.807) is 18.2 Å². The number of hydrogen-bond donors (Lipinski definition) is 0. The van der Waals surface area contributed by atoms with E-state index in [4.69, 9.17) is 11.3 Å². The van der Waals surface area contributed by atoms with E-state index >= 15 is 0 Å². The Balaban J connectivity index is 2.58. The van der Waals surface area contributed by atoms with E-state index in [1.165, 1.54) is 7.05 Å². The molecule has 2 aromatic rings. The third-order valence-electron chi connectivity index (χ3n) is 1.86. The summed E-state index contributed by atoms with van der Waals surface area (Å²) in [6, 6.07) is 5.22. The minimum atomic E-state index is -0.497. The van der Waals surface area contributed by atoms with Gasteiger partial charge in [0.15, 0.2) is 0 Å². The second kappa shape index (κ2) is 3.66.